The van der Waals surface area contributed by atoms with E-state index in [-0.39, 0.29) is 0 Å². The van der Waals surface area contributed by atoms with Gasteiger partial charge in [-0.2, -0.15) is 4.98 Å². The van der Waals surface area contributed by atoms with Crippen LogP contribution in [0, 0.1) is 0 Å². The normalized spacial score (nSPS) is 10.7. The molecule has 6 heteroatoms. The maximum Gasteiger partial charge on any atom is 0.213 e. The summed E-state index contributed by atoms with van der Waals surface area (Å²) in [5, 5.41) is 6.90. The third kappa shape index (κ3) is 2.41. The number of nitrogens with one attached hydrogen (secondary N) is 1. The van der Waals surface area contributed by atoms with Crippen molar-refractivity contribution in [3.8, 4) is 0 Å². The van der Waals surface area contributed by atoms with Gasteiger partial charge in [-0.25, -0.2) is 4.98 Å². The molecule has 0 aliphatic heterocycles. The van der Waals surface area contributed by atoms with Crippen molar-refractivity contribution in [2.24, 2.45) is 0 Å². The SMILES string of the molecule is CCn1ccnc1CNCc1ncon1. The minimum Gasteiger partial charge on any atom is -0.343 e. The third-order valence-electron chi connectivity index (χ3n) is 2.12. The second-order valence-corrected chi connectivity index (χ2v) is 3.08. The summed E-state index contributed by atoms with van der Waals surface area (Å²) < 4.78 is 6.71. The summed E-state index contributed by atoms with van der Waals surface area (Å²) in [4.78, 5) is 8.15. The second-order valence-electron chi connectivity index (χ2n) is 3.08. The Balaban J connectivity index is 1.83. The minimum absolute atomic E-state index is 0.590. The molecule has 0 saturated carbocycles. The van der Waals surface area contributed by atoms with E-state index in [0.29, 0.717) is 18.9 Å². The molecule has 0 saturated heterocycles. The van der Waals surface area contributed by atoms with Crippen LogP contribution < -0.4 is 5.32 Å². The van der Waals surface area contributed by atoms with Gasteiger partial charge >= 0.3 is 0 Å². The van der Waals surface area contributed by atoms with E-state index in [2.05, 4.69) is 36.5 Å². The number of rotatable bonds is 5. The Labute approximate surface area is 87.3 Å². The van der Waals surface area contributed by atoms with Gasteiger partial charge < -0.3 is 14.4 Å². The maximum absolute atomic E-state index is 4.63. The summed E-state index contributed by atoms with van der Waals surface area (Å²) in [7, 11) is 0. The van der Waals surface area contributed by atoms with Gasteiger partial charge in [0.2, 0.25) is 6.39 Å². The lowest BCUT2D eigenvalue weighted by molar-refractivity contribution is 0.407. The molecule has 6 nitrogen and oxygen atoms in total. The van der Waals surface area contributed by atoms with Crippen molar-refractivity contribution in [3.63, 3.8) is 0 Å². The quantitative estimate of drug-likeness (QED) is 0.776. The summed E-state index contributed by atoms with van der Waals surface area (Å²) >= 11 is 0. The average Bonchev–Trinajstić information content (AvgIpc) is 2.88. The number of hydrogen-bond donors (Lipinski definition) is 1. The molecule has 0 unspecified atom stereocenters. The Morgan fingerprint density at radius 2 is 2.33 bits per heavy atom. The summed E-state index contributed by atoms with van der Waals surface area (Å²) in [6, 6.07) is 0. The highest BCUT2D eigenvalue weighted by Crippen LogP contribution is 1.97. The van der Waals surface area contributed by atoms with E-state index in [1.165, 1.54) is 6.39 Å². The highest BCUT2D eigenvalue weighted by molar-refractivity contribution is 4.92. The van der Waals surface area contributed by atoms with Crippen molar-refractivity contribution in [2.45, 2.75) is 26.6 Å². The molecular weight excluding hydrogens is 194 g/mol. The first kappa shape index (κ1) is 9.85. The Kier molecular flexibility index (Phi) is 3.08. The summed E-state index contributed by atoms with van der Waals surface area (Å²) in [5.41, 5.74) is 0. The lowest BCUT2D eigenvalue weighted by atomic mass is 10.5. The first-order valence-corrected chi connectivity index (χ1v) is 4.86. The number of nitrogens with zero attached hydrogens (tertiary/aromatic N) is 4. The molecule has 1 N–H and O–H groups in total. The molecule has 0 fully saturated rings. The van der Waals surface area contributed by atoms with Crippen molar-refractivity contribution in [1.82, 2.24) is 25.0 Å². The van der Waals surface area contributed by atoms with E-state index < -0.39 is 0 Å². The number of aryl methyl sites for hydroxylation is 1. The molecule has 0 aliphatic carbocycles. The fourth-order valence-corrected chi connectivity index (χ4v) is 1.35. The van der Waals surface area contributed by atoms with Crippen LogP contribution in [-0.4, -0.2) is 19.7 Å². The lowest BCUT2D eigenvalue weighted by Crippen LogP contribution is -2.17. The molecule has 0 amide bonds. The average molecular weight is 207 g/mol. The molecule has 0 bridgehead atoms. The first-order chi connectivity index (χ1) is 7.40. The van der Waals surface area contributed by atoms with E-state index >= 15 is 0 Å². The monoisotopic (exact) mass is 207 g/mol. The molecular formula is C9H13N5O. The molecule has 15 heavy (non-hydrogen) atoms. The molecule has 0 aromatic carbocycles. The van der Waals surface area contributed by atoms with Crippen molar-refractivity contribution in [1.29, 1.82) is 0 Å². The van der Waals surface area contributed by atoms with Crippen LogP contribution in [0.5, 0.6) is 0 Å². The van der Waals surface area contributed by atoms with Crippen LogP contribution in [0.1, 0.15) is 18.6 Å². The molecule has 0 radical (unpaired) electrons. The summed E-state index contributed by atoms with van der Waals surface area (Å²) in [5.74, 6) is 1.67. The van der Waals surface area contributed by atoms with Crippen LogP contribution in [0.15, 0.2) is 23.3 Å². The Hall–Kier alpha value is -1.69. The number of hydrogen-bond acceptors (Lipinski definition) is 5. The van der Waals surface area contributed by atoms with Gasteiger partial charge in [0, 0.05) is 18.9 Å². The Morgan fingerprint density at radius 1 is 1.40 bits per heavy atom. The zero-order valence-corrected chi connectivity index (χ0v) is 8.55. The molecule has 0 aliphatic rings. The van der Waals surface area contributed by atoms with Crippen LogP contribution in [0.3, 0.4) is 0 Å². The van der Waals surface area contributed by atoms with Gasteiger partial charge in [-0.1, -0.05) is 5.16 Å². The van der Waals surface area contributed by atoms with Gasteiger partial charge in [0.1, 0.15) is 5.82 Å². The zero-order valence-electron chi connectivity index (χ0n) is 8.55. The molecule has 2 rings (SSSR count). The molecule has 2 aromatic heterocycles. The molecule has 2 heterocycles. The standard InChI is InChI=1S/C9H13N5O/c1-2-14-4-3-11-9(14)6-10-5-8-12-7-15-13-8/h3-4,7,10H,2,5-6H2,1H3. The predicted molar refractivity (Wildman–Crippen MR) is 52.7 cm³/mol. The highest BCUT2D eigenvalue weighted by Gasteiger charge is 2.01. The minimum atomic E-state index is 0.590. The van der Waals surface area contributed by atoms with Gasteiger partial charge in [-0.15, -0.1) is 0 Å². The molecule has 0 atom stereocenters. The predicted octanol–water partition coefficient (Wildman–Crippen LogP) is 0.576. The lowest BCUT2D eigenvalue weighted by Gasteiger charge is -2.04. The van der Waals surface area contributed by atoms with Crippen LogP contribution in [-0.2, 0) is 19.6 Å². The number of imidazole rings is 1. The zero-order chi connectivity index (χ0) is 10.5. The van der Waals surface area contributed by atoms with Crippen molar-refractivity contribution in [2.75, 3.05) is 0 Å². The van der Waals surface area contributed by atoms with Crippen LogP contribution in [0.25, 0.3) is 0 Å². The van der Waals surface area contributed by atoms with Gasteiger partial charge in [0.05, 0.1) is 13.1 Å². The third-order valence-corrected chi connectivity index (χ3v) is 2.12. The number of aromatic nitrogens is 4. The molecule has 0 spiro atoms. The van der Waals surface area contributed by atoms with Gasteiger partial charge in [0.25, 0.3) is 0 Å². The van der Waals surface area contributed by atoms with E-state index in [9.17, 15) is 0 Å². The summed E-state index contributed by atoms with van der Waals surface area (Å²) in [6.07, 6.45) is 5.09. The second kappa shape index (κ2) is 4.70. The summed E-state index contributed by atoms with van der Waals surface area (Å²) in [6.45, 7) is 4.31. The van der Waals surface area contributed by atoms with Gasteiger partial charge in [-0.05, 0) is 6.92 Å². The first-order valence-electron chi connectivity index (χ1n) is 4.86. The fraction of sp³-hybridized carbons (Fsp3) is 0.444. The molecule has 80 valence electrons. The topological polar surface area (TPSA) is 68.8 Å². The highest BCUT2D eigenvalue weighted by atomic mass is 16.5. The van der Waals surface area contributed by atoms with Gasteiger partial charge in [-0.3, -0.25) is 0 Å². The van der Waals surface area contributed by atoms with E-state index in [1.807, 2.05) is 6.20 Å². The van der Waals surface area contributed by atoms with Crippen LogP contribution >= 0.6 is 0 Å². The van der Waals surface area contributed by atoms with Crippen LogP contribution in [0.4, 0.5) is 0 Å². The van der Waals surface area contributed by atoms with Crippen molar-refractivity contribution in [3.05, 3.63) is 30.4 Å². The van der Waals surface area contributed by atoms with E-state index in [0.717, 1.165) is 12.4 Å². The van der Waals surface area contributed by atoms with Crippen molar-refractivity contribution >= 4 is 0 Å². The van der Waals surface area contributed by atoms with E-state index in [1.54, 1.807) is 6.20 Å². The largest absolute Gasteiger partial charge is 0.343 e. The maximum atomic E-state index is 4.63. The Morgan fingerprint density at radius 3 is 3.07 bits per heavy atom. The fourth-order valence-electron chi connectivity index (χ4n) is 1.35. The molecule has 2 aromatic rings. The van der Waals surface area contributed by atoms with Crippen molar-refractivity contribution < 1.29 is 4.52 Å². The van der Waals surface area contributed by atoms with Crippen LogP contribution in [0.2, 0.25) is 0 Å². The van der Waals surface area contributed by atoms with Gasteiger partial charge in [0.15, 0.2) is 5.82 Å². The smallest absolute Gasteiger partial charge is 0.213 e. The van der Waals surface area contributed by atoms with E-state index in [4.69, 9.17) is 0 Å². The Bertz CT molecular complexity index is 394.